The van der Waals surface area contributed by atoms with Crippen LogP contribution in [0.5, 0.6) is 11.5 Å². The minimum Gasteiger partial charge on any atom is -0.493 e. The van der Waals surface area contributed by atoms with E-state index in [0.717, 1.165) is 12.1 Å². The van der Waals surface area contributed by atoms with Crippen LogP contribution in [-0.4, -0.2) is 37.1 Å². The van der Waals surface area contributed by atoms with Crippen molar-refractivity contribution in [3.63, 3.8) is 0 Å². The van der Waals surface area contributed by atoms with Gasteiger partial charge in [-0.15, -0.1) is 0 Å². The molecule has 0 aromatic heterocycles. The van der Waals surface area contributed by atoms with E-state index in [1.165, 1.54) is 13.2 Å². The van der Waals surface area contributed by atoms with Gasteiger partial charge in [0.15, 0.2) is 24.7 Å². The number of carbonyl (C=O) groups excluding carboxylic acids is 2. The molecule has 0 aliphatic carbocycles. The molecule has 10 nitrogen and oxygen atoms in total. The number of anilines is 1. The Morgan fingerprint density at radius 1 is 1.18 bits per heavy atom. The van der Waals surface area contributed by atoms with E-state index in [1.807, 2.05) is 0 Å². The number of nitro groups is 1. The first-order chi connectivity index (χ1) is 13.4. The van der Waals surface area contributed by atoms with Crippen LogP contribution in [-0.2, 0) is 14.3 Å². The Balaban J connectivity index is 1.86. The van der Waals surface area contributed by atoms with Crippen molar-refractivity contribution in [2.45, 2.75) is 0 Å². The first-order valence-electron chi connectivity index (χ1n) is 7.84. The van der Waals surface area contributed by atoms with Crippen LogP contribution < -0.4 is 14.8 Å². The second-order valence-electron chi connectivity index (χ2n) is 5.25. The Bertz CT molecular complexity index is 937. The lowest BCUT2D eigenvalue weighted by Crippen LogP contribution is -2.24. The number of non-ortho nitro benzene ring substituents is 1. The molecule has 2 rings (SSSR count). The van der Waals surface area contributed by atoms with Crippen LogP contribution in [0.2, 0.25) is 0 Å². The zero-order chi connectivity index (χ0) is 20.5. The van der Waals surface area contributed by atoms with Gasteiger partial charge in [-0.25, -0.2) is 4.79 Å². The van der Waals surface area contributed by atoms with Crippen LogP contribution in [0.3, 0.4) is 0 Å². The van der Waals surface area contributed by atoms with E-state index in [0.29, 0.717) is 11.5 Å². The lowest BCUT2D eigenvalue weighted by Gasteiger charge is -2.10. The molecule has 0 aliphatic heterocycles. The summed E-state index contributed by atoms with van der Waals surface area (Å²) in [5.41, 5.74) is -0.303. The van der Waals surface area contributed by atoms with Crippen LogP contribution in [0, 0.1) is 21.4 Å². The molecule has 28 heavy (non-hydrogen) atoms. The Labute approximate surface area is 159 Å². The average Bonchev–Trinajstić information content (AvgIpc) is 2.70. The largest absolute Gasteiger partial charge is 0.493 e. The Kier molecular flexibility index (Phi) is 6.87. The van der Waals surface area contributed by atoms with Gasteiger partial charge in [-0.3, -0.25) is 14.9 Å². The summed E-state index contributed by atoms with van der Waals surface area (Å²) >= 11 is 0. The number of nitro benzene ring substituents is 1. The van der Waals surface area contributed by atoms with Crippen molar-refractivity contribution in [3.05, 3.63) is 58.1 Å². The number of nitrogens with one attached hydrogen (secondary N) is 1. The van der Waals surface area contributed by atoms with Gasteiger partial charge in [-0.1, -0.05) is 12.1 Å². The molecule has 0 aliphatic rings. The van der Waals surface area contributed by atoms with E-state index in [1.54, 1.807) is 30.3 Å². The molecule has 2 aromatic carbocycles. The van der Waals surface area contributed by atoms with Gasteiger partial charge in [0.2, 0.25) is 0 Å². The van der Waals surface area contributed by atoms with Gasteiger partial charge >= 0.3 is 5.97 Å². The fourth-order valence-corrected chi connectivity index (χ4v) is 2.10. The fraction of sp³-hybridized carbons (Fsp3) is 0.167. The average molecular weight is 385 g/mol. The van der Waals surface area contributed by atoms with Gasteiger partial charge in [-0.2, -0.15) is 5.26 Å². The molecule has 0 bridgehead atoms. The van der Waals surface area contributed by atoms with Gasteiger partial charge in [0, 0.05) is 12.1 Å². The summed E-state index contributed by atoms with van der Waals surface area (Å²) in [6.45, 7) is -1.05. The van der Waals surface area contributed by atoms with Gasteiger partial charge in [-0.05, 0) is 18.2 Å². The number of hydrogen-bond donors (Lipinski definition) is 1. The molecule has 10 heteroatoms. The first kappa shape index (κ1) is 20.2. The monoisotopic (exact) mass is 385 g/mol. The van der Waals surface area contributed by atoms with E-state index in [-0.39, 0.29) is 16.9 Å². The van der Waals surface area contributed by atoms with Crippen LogP contribution in [0.15, 0.2) is 42.5 Å². The minimum absolute atomic E-state index is 0.0689. The van der Waals surface area contributed by atoms with Crippen LogP contribution in [0.25, 0.3) is 0 Å². The molecule has 0 saturated heterocycles. The maximum Gasteiger partial charge on any atom is 0.344 e. The van der Waals surface area contributed by atoms with Crippen molar-refractivity contribution < 1.29 is 28.7 Å². The number of rotatable bonds is 8. The lowest BCUT2D eigenvalue weighted by molar-refractivity contribution is -0.384. The van der Waals surface area contributed by atoms with Crippen LogP contribution in [0.1, 0.15) is 5.56 Å². The molecule has 0 fully saturated rings. The van der Waals surface area contributed by atoms with Crippen molar-refractivity contribution in [2.75, 3.05) is 25.6 Å². The SMILES string of the molecule is COc1ccccc1OCC(=O)OCC(=O)Nc1ccc([N+](=O)[O-])cc1C#N. The van der Waals surface area contributed by atoms with E-state index in [4.69, 9.17) is 19.5 Å². The summed E-state index contributed by atoms with van der Waals surface area (Å²) in [4.78, 5) is 33.7. The molecule has 1 N–H and O–H groups in total. The first-order valence-corrected chi connectivity index (χ1v) is 7.84. The number of ether oxygens (including phenoxy) is 3. The number of methoxy groups -OCH3 is 1. The van der Waals surface area contributed by atoms with Gasteiger partial charge < -0.3 is 19.5 Å². The molecule has 1 amide bonds. The van der Waals surface area contributed by atoms with E-state index >= 15 is 0 Å². The molecular formula is C18H15N3O7. The number of esters is 1. The molecule has 0 heterocycles. The van der Waals surface area contributed by atoms with Gasteiger partial charge in [0.05, 0.1) is 23.3 Å². The number of hydrogen-bond acceptors (Lipinski definition) is 8. The predicted octanol–water partition coefficient (Wildman–Crippen LogP) is 2.04. The number of para-hydroxylation sites is 2. The number of benzene rings is 2. The maximum atomic E-state index is 11.9. The van der Waals surface area contributed by atoms with Crippen molar-refractivity contribution in [3.8, 4) is 17.6 Å². The third-order valence-electron chi connectivity index (χ3n) is 3.39. The highest BCUT2D eigenvalue weighted by Gasteiger charge is 2.14. The topological polar surface area (TPSA) is 141 Å². The molecule has 0 radical (unpaired) electrons. The predicted molar refractivity (Wildman–Crippen MR) is 95.9 cm³/mol. The second kappa shape index (κ2) is 9.54. The second-order valence-corrected chi connectivity index (χ2v) is 5.25. The maximum absolute atomic E-state index is 11.9. The van der Waals surface area contributed by atoms with Crippen LogP contribution >= 0.6 is 0 Å². The Morgan fingerprint density at radius 3 is 2.54 bits per heavy atom. The molecule has 2 aromatic rings. The van der Waals surface area contributed by atoms with Crippen molar-refractivity contribution in [1.29, 1.82) is 5.26 Å². The van der Waals surface area contributed by atoms with E-state index in [9.17, 15) is 19.7 Å². The normalized spacial score (nSPS) is 9.71. The lowest BCUT2D eigenvalue weighted by atomic mass is 10.1. The zero-order valence-electron chi connectivity index (χ0n) is 14.7. The number of carbonyl (C=O) groups is 2. The van der Waals surface area contributed by atoms with E-state index < -0.39 is 30.0 Å². The summed E-state index contributed by atoms with van der Waals surface area (Å²) < 4.78 is 15.2. The summed E-state index contributed by atoms with van der Waals surface area (Å²) in [6.07, 6.45) is 0. The summed E-state index contributed by atoms with van der Waals surface area (Å²) in [5.74, 6) is -0.715. The third kappa shape index (κ3) is 5.43. The quantitative estimate of drug-likeness (QED) is 0.413. The highest BCUT2D eigenvalue weighted by atomic mass is 16.6. The van der Waals surface area contributed by atoms with Gasteiger partial charge in [0.25, 0.3) is 11.6 Å². The fourth-order valence-electron chi connectivity index (χ4n) is 2.10. The molecular weight excluding hydrogens is 370 g/mol. The van der Waals surface area contributed by atoms with Gasteiger partial charge in [0.1, 0.15) is 6.07 Å². The zero-order valence-corrected chi connectivity index (χ0v) is 14.7. The summed E-state index contributed by atoms with van der Waals surface area (Å²) in [5, 5.41) is 22.1. The third-order valence-corrected chi connectivity index (χ3v) is 3.39. The molecule has 144 valence electrons. The number of nitrogens with zero attached hydrogens (tertiary/aromatic N) is 2. The molecule has 0 spiro atoms. The highest BCUT2D eigenvalue weighted by molar-refractivity contribution is 5.94. The van der Waals surface area contributed by atoms with Crippen molar-refractivity contribution in [2.24, 2.45) is 0 Å². The summed E-state index contributed by atoms with van der Waals surface area (Å²) in [6, 6.07) is 11.9. The number of amides is 1. The minimum atomic E-state index is -0.787. The molecule has 0 unspecified atom stereocenters. The van der Waals surface area contributed by atoms with Crippen molar-refractivity contribution in [1.82, 2.24) is 0 Å². The van der Waals surface area contributed by atoms with Crippen LogP contribution in [0.4, 0.5) is 11.4 Å². The smallest absolute Gasteiger partial charge is 0.344 e. The molecule has 0 saturated carbocycles. The van der Waals surface area contributed by atoms with E-state index in [2.05, 4.69) is 5.32 Å². The standard InChI is InChI=1S/C18H15N3O7/c1-26-15-4-2-3-5-16(15)27-11-18(23)28-10-17(22)20-14-7-6-13(21(24)25)8-12(14)9-19/h2-8H,10-11H2,1H3,(H,20,22). The van der Waals surface area contributed by atoms with Crippen molar-refractivity contribution >= 4 is 23.3 Å². The molecule has 0 atom stereocenters. The Hall–Kier alpha value is -4.13. The highest BCUT2D eigenvalue weighted by Crippen LogP contribution is 2.25. The number of nitriles is 1. The summed E-state index contributed by atoms with van der Waals surface area (Å²) in [7, 11) is 1.46. The Morgan fingerprint density at radius 2 is 1.89 bits per heavy atom.